The molecule has 174 valence electrons. The number of anilines is 2. The van der Waals surface area contributed by atoms with Gasteiger partial charge >= 0.3 is 0 Å². The van der Waals surface area contributed by atoms with E-state index in [1.165, 1.54) is 6.07 Å². The SMILES string of the molecule is O=C(NCc1cccc(NC(=O)C2CCCC2)c1)C1CCN(c2ccccc2[N+](=O)[O-])CC1. The maximum atomic E-state index is 12.7. The van der Waals surface area contributed by atoms with Crippen molar-refractivity contribution in [2.45, 2.75) is 45.1 Å². The van der Waals surface area contributed by atoms with Gasteiger partial charge in [-0.05, 0) is 49.4 Å². The number of nitro groups is 1. The quantitative estimate of drug-likeness (QED) is 0.485. The number of benzene rings is 2. The van der Waals surface area contributed by atoms with Crippen LogP contribution in [0, 0.1) is 22.0 Å². The fraction of sp³-hybridized carbons (Fsp3) is 0.440. The Hall–Kier alpha value is -3.42. The van der Waals surface area contributed by atoms with E-state index in [9.17, 15) is 19.7 Å². The summed E-state index contributed by atoms with van der Waals surface area (Å²) < 4.78 is 0. The monoisotopic (exact) mass is 450 g/mol. The summed E-state index contributed by atoms with van der Waals surface area (Å²) in [6, 6.07) is 14.3. The summed E-state index contributed by atoms with van der Waals surface area (Å²) in [7, 11) is 0. The number of nitrogens with one attached hydrogen (secondary N) is 2. The Bertz CT molecular complexity index is 1010. The molecule has 1 saturated heterocycles. The maximum Gasteiger partial charge on any atom is 0.292 e. The summed E-state index contributed by atoms with van der Waals surface area (Å²) in [5.74, 6) is 0.0718. The summed E-state index contributed by atoms with van der Waals surface area (Å²) in [6.07, 6.45) is 5.44. The average Bonchev–Trinajstić information content (AvgIpc) is 3.38. The van der Waals surface area contributed by atoms with Gasteiger partial charge in [-0.1, -0.05) is 37.1 Å². The molecule has 0 bridgehead atoms. The average molecular weight is 451 g/mol. The molecule has 0 spiro atoms. The van der Waals surface area contributed by atoms with Crippen LogP contribution in [0.25, 0.3) is 0 Å². The number of carbonyl (C=O) groups excluding carboxylic acids is 2. The molecule has 8 nitrogen and oxygen atoms in total. The molecule has 2 aromatic carbocycles. The predicted molar refractivity (Wildman–Crippen MR) is 127 cm³/mol. The Morgan fingerprint density at radius 3 is 2.36 bits per heavy atom. The van der Waals surface area contributed by atoms with Crippen LogP contribution in [0.3, 0.4) is 0 Å². The fourth-order valence-electron chi connectivity index (χ4n) is 4.79. The van der Waals surface area contributed by atoms with Gasteiger partial charge in [0.2, 0.25) is 11.8 Å². The maximum absolute atomic E-state index is 12.7. The second kappa shape index (κ2) is 10.5. The van der Waals surface area contributed by atoms with Gasteiger partial charge in [-0.3, -0.25) is 19.7 Å². The van der Waals surface area contributed by atoms with Crippen LogP contribution in [0.1, 0.15) is 44.1 Å². The van der Waals surface area contributed by atoms with Crippen molar-refractivity contribution < 1.29 is 14.5 Å². The van der Waals surface area contributed by atoms with Crippen molar-refractivity contribution >= 4 is 28.9 Å². The third kappa shape index (κ3) is 5.69. The summed E-state index contributed by atoms with van der Waals surface area (Å²) in [6.45, 7) is 1.60. The van der Waals surface area contributed by atoms with E-state index in [-0.39, 0.29) is 34.3 Å². The summed E-state index contributed by atoms with van der Waals surface area (Å²) in [5.41, 5.74) is 2.40. The molecule has 1 aliphatic carbocycles. The standard InChI is InChI=1S/C25H30N4O4/c30-24(20-12-14-28(15-13-20)22-10-3-4-11-23(22)29(32)33)26-17-18-6-5-9-21(16-18)27-25(31)19-7-1-2-8-19/h3-6,9-11,16,19-20H,1-2,7-8,12-15,17H2,(H,26,30)(H,27,31). The van der Waals surface area contributed by atoms with E-state index in [1.54, 1.807) is 18.2 Å². The summed E-state index contributed by atoms with van der Waals surface area (Å²) >= 11 is 0. The zero-order chi connectivity index (χ0) is 23.2. The first-order valence-electron chi connectivity index (χ1n) is 11.7. The largest absolute Gasteiger partial charge is 0.366 e. The Morgan fingerprint density at radius 2 is 1.64 bits per heavy atom. The molecule has 2 amide bonds. The molecule has 2 N–H and O–H groups in total. The van der Waals surface area contributed by atoms with Gasteiger partial charge in [0.05, 0.1) is 4.92 Å². The third-order valence-electron chi connectivity index (χ3n) is 6.67. The lowest BCUT2D eigenvalue weighted by Crippen LogP contribution is -2.40. The van der Waals surface area contributed by atoms with E-state index < -0.39 is 0 Å². The number of carbonyl (C=O) groups is 2. The van der Waals surface area contributed by atoms with Crippen molar-refractivity contribution in [2.24, 2.45) is 11.8 Å². The van der Waals surface area contributed by atoms with Crippen molar-refractivity contribution in [3.8, 4) is 0 Å². The molecule has 0 aromatic heterocycles. The van der Waals surface area contributed by atoms with Gasteiger partial charge in [0, 0.05) is 43.2 Å². The summed E-state index contributed by atoms with van der Waals surface area (Å²) in [4.78, 5) is 38.0. The van der Waals surface area contributed by atoms with Crippen LogP contribution in [0.15, 0.2) is 48.5 Å². The fourth-order valence-corrected chi connectivity index (χ4v) is 4.79. The Kier molecular flexibility index (Phi) is 7.22. The molecule has 0 radical (unpaired) electrons. The van der Waals surface area contributed by atoms with E-state index in [1.807, 2.05) is 29.2 Å². The molecular weight excluding hydrogens is 420 g/mol. The number of hydrogen-bond acceptors (Lipinski definition) is 5. The molecule has 2 aliphatic rings. The molecule has 2 aromatic rings. The minimum Gasteiger partial charge on any atom is -0.366 e. The van der Waals surface area contributed by atoms with Crippen LogP contribution in [0.2, 0.25) is 0 Å². The number of nitro benzene ring substituents is 1. The Morgan fingerprint density at radius 1 is 0.939 bits per heavy atom. The van der Waals surface area contributed by atoms with Crippen molar-refractivity contribution in [1.82, 2.24) is 5.32 Å². The van der Waals surface area contributed by atoms with Crippen molar-refractivity contribution in [2.75, 3.05) is 23.3 Å². The minimum atomic E-state index is -0.363. The molecule has 33 heavy (non-hydrogen) atoms. The van der Waals surface area contributed by atoms with Gasteiger partial charge in [-0.15, -0.1) is 0 Å². The highest BCUT2D eigenvalue weighted by molar-refractivity contribution is 5.92. The van der Waals surface area contributed by atoms with Gasteiger partial charge in [0.15, 0.2) is 0 Å². The van der Waals surface area contributed by atoms with Crippen LogP contribution in [-0.2, 0) is 16.1 Å². The number of para-hydroxylation sites is 2. The first kappa shape index (κ1) is 22.8. The lowest BCUT2D eigenvalue weighted by atomic mass is 9.95. The number of hydrogen-bond donors (Lipinski definition) is 2. The Balaban J connectivity index is 1.27. The highest BCUT2D eigenvalue weighted by Gasteiger charge is 2.28. The molecule has 8 heteroatoms. The Labute approximate surface area is 193 Å². The van der Waals surface area contributed by atoms with E-state index in [0.29, 0.717) is 38.2 Å². The minimum absolute atomic E-state index is 0.00222. The number of rotatable bonds is 7. The van der Waals surface area contributed by atoms with Crippen LogP contribution < -0.4 is 15.5 Å². The lowest BCUT2D eigenvalue weighted by molar-refractivity contribution is -0.384. The molecular formula is C25H30N4O4. The van der Waals surface area contributed by atoms with Crippen LogP contribution in [0.4, 0.5) is 17.1 Å². The van der Waals surface area contributed by atoms with Crippen molar-refractivity contribution in [1.29, 1.82) is 0 Å². The first-order chi connectivity index (χ1) is 16.0. The number of nitrogens with zero attached hydrogens (tertiary/aromatic N) is 2. The number of piperidine rings is 1. The molecule has 4 rings (SSSR count). The van der Waals surface area contributed by atoms with E-state index >= 15 is 0 Å². The molecule has 1 saturated carbocycles. The molecule has 1 aliphatic heterocycles. The third-order valence-corrected chi connectivity index (χ3v) is 6.67. The van der Waals surface area contributed by atoms with Crippen LogP contribution in [0.5, 0.6) is 0 Å². The van der Waals surface area contributed by atoms with Crippen molar-refractivity contribution in [3.63, 3.8) is 0 Å². The van der Waals surface area contributed by atoms with Crippen molar-refractivity contribution in [3.05, 3.63) is 64.2 Å². The van der Waals surface area contributed by atoms with E-state index in [4.69, 9.17) is 0 Å². The van der Waals surface area contributed by atoms with Crippen LogP contribution >= 0.6 is 0 Å². The molecule has 0 unspecified atom stereocenters. The van der Waals surface area contributed by atoms with Gasteiger partial charge in [0.25, 0.3) is 5.69 Å². The van der Waals surface area contributed by atoms with Gasteiger partial charge < -0.3 is 15.5 Å². The second-order valence-corrected chi connectivity index (χ2v) is 8.90. The zero-order valence-corrected chi connectivity index (χ0v) is 18.7. The van der Waals surface area contributed by atoms with E-state index in [2.05, 4.69) is 10.6 Å². The van der Waals surface area contributed by atoms with E-state index in [0.717, 1.165) is 36.9 Å². The highest BCUT2D eigenvalue weighted by atomic mass is 16.6. The van der Waals surface area contributed by atoms with Gasteiger partial charge in [0.1, 0.15) is 5.69 Å². The normalized spacial score (nSPS) is 17.0. The van der Waals surface area contributed by atoms with Gasteiger partial charge in [-0.2, -0.15) is 0 Å². The van der Waals surface area contributed by atoms with Crippen LogP contribution in [-0.4, -0.2) is 29.8 Å². The first-order valence-corrected chi connectivity index (χ1v) is 11.7. The highest BCUT2D eigenvalue weighted by Crippen LogP contribution is 2.31. The molecule has 1 heterocycles. The zero-order valence-electron chi connectivity index (χ0n) is 18.7. The number of amides is 2. The topological polar surface area (TPSA) is 105 Å². The predicted octanol–water partition coefficient (Wildman–Crippen LogP) is 4.26. The molecule has 0 atom stereocenters. The van der Waals surface area contributed by atoms with Gasteiger partial charge in [-0.25, -0.2) is 0 Å². The smallest absolute Gasteiger partial charge is 0.292 e. The second-order valence-electron chi connectivity index (χ2n) is 8.90. The lowest BCUT2D eigenvalue weighted by Gasteiger charge is -2.32. The summed E-state index contributed by atoms with van der Waals surface area (Å²) in [5, 5.41) is 17.3. The molecule has 2 fully saturated rings.